The first-order chi connectivity index (χ1) is 13.5. The van der Waals surface area contributed by atoms with E-state index in [4.69, 9.17) is 21.1 Å². The molecule has 3 aromatic rings. The summed E-state index contributed by atoms with van der Waals surface area (Å²) in [6.07, 6.45) is -4.90. The number of rotatable bonds is 6. The lowest BCUT2D eigenvalue weighted by atomic mass is 10.1. The second-order valence-corrected chi connectivity index (χ2v) is 6.25. The summed E-state index contributed by atoms with van der Waals surface area (Å²) in [6.45, 7) is -3.44. The molecule has 0 aliphatic carbocycles. The minimum absolute atomic E-state index is 0.0132. The van der Waals surface area contributed by atoms with E-state index < -0.39 is 30.1 Å². The second-order valence-electron chi connectivity index (χ2n) is 5.84. The third kappa shape index (κ3) is 4.70. The fraction of sp³-hybridized carbons (Fsp3) is 0.167. The molecule has 0 saturated heterocycles. The molecule has 0 radical (unpaired) electrons. The van der Waals surface area contributed by atoms with Gasteiger partial charge in [0.2, 0.25) is 5.76 Å². The summed E-state index contributed by atoms with van der Waals surface area (Å²) >= 11 is 6.13. The highest BCUT2D eigenvalue weighted by molar-refractivity contribution is 6.32. The molecule has 0 aliphatic rings. The molecular formula is C18H11ClF5NO4. The zero-order chi connectivity index (χ0) is 21.3. The van der Waals surface area contributed by atoms with Crippen LogP contribution in [-0.2, 0) is 12.7 Å². The van der Waals surface area contributed by atoms with Crippen LogP contribution in [0, 0.1) is 0 Å². The first-order valence-electron chi connectivity index (χ1n) is 7.90. The number of fused-ring (bicyclic) bond motifs is 1. The molecule has 0 saturated carbocycles. The van der Waals surface area contributed by atoms with E-state index in [1.807, 2.05) is 0 Å². The molecular weight excluding hydrogens is 425 g/mol. The van der Waals surface area contributed by atoms with Gasteiger partial charge < -0.3 is 19.6 Å². The Morgan fingerprint density at radius 3 is 2.55 bits per heavy atom. The molecule has 0 spiro atoms. The first-order valence-corrected chi connectivity index (χ1v) is 8.27. The van der Waals surface area contributed by atoms with E-state index in [0.717, 1.165) is 12.1 Å². The zero-order valence-electron chi connectivity index (χ0n) is 14.2. The van der Waals surface area contributed by atoms with Gasteiger partial charge in [-0.3, -0.25) is 0 Å². The molecule has 0 atom stereocenters. The number of alkyl halides is 5. The summed E-state index contributed by atoms with van der Waals surface area (Å²) in [5.74, 6) is -2.54. The predicted molar refractivity (Wildman–Crippen MR) is 93.6 cm³/mol. The minimum Gasteiger partial charge on any atom is -0.475 e. The van der Waals surface area contributed by atoms with Gasteiger partial charge >= 0.3 is 18.8 Å². The number of hydrogen-bond acceptors (Lipinski definition) is 4. The topological polar surface area (TPSA) is 71.7 Å². The van der Waals surface area contributed by atoms with Crippen LogP contribution in [0.1, 0.15) is 21.7 Å². The fourth-order valence-corrected chi connectivity index (χ4v) is 2.84. The van der Waals surface area contributed by atoms with Gasteiger partial charge in [-0.25, -0.2) is 4.79 Å². The van der Waals surface area contributed by atoms with Crippen LogP contribution >= 0.6 is 11.6 Å². The van der Waals surface area contributed by atoms with Crippen LogP contribution < -0.4 is 10.1 Å². The van der Waals surface area contributed by atoms with Crippen molar-refractivity contribution in [3.8, 4) is 5.75 Å². The highest BCUT2D eigenvalue weighted by Gasteiger charge is 2.35. The van der Waals surface area contributed by atoms with Crippen LogP contribution in [0.3, 0.4) is 0 Å². The number of ether oxygens (including phenoxy) is 1. The Kier molecular flexibility index (Phi) is 5.56. The Balaban J connectivity index is 1.85. The summed E-state index contributed by atoms with van der Waals surface area (Å²) in [7, 11) is 0. The third-order valence-corrected chi connectivity index (χ3v) is 4.23. The van der Waals surface area contributed by atoms with Crippen molar-refractivity contribution in [3.05, 3.63) is 58.3 Å². The van der Waals surface area contributed by atoms with E-state index in [1.54, 1.807) is 0 Å². The van der Waals surface area contributed by atoms with Gasteiger partial charge in [0, 0.05) is 22.6 Å². The van der Waals surface area contributed by atoms with Crippen molar-refractivity contribution in [2.75, 3.05) is 5.32 Å². The van der Waals surface area contributed by atoms with E-state index in [0.29, 0.717) is 17.0 Å². The minimum atomic E-state index is -4.90. The number of carboxylic acids is 1. The molecule has 5 nitrogen and oxygen atoms in total. The maximum absolute atomic E-state index is 13.1. The van der Waals surface area contributed by atoms with Crippen LogP contribution in [0.25, 0.3) is 11.0 Å². The molecule has 0 aliphatic heterocycles. The second kappa shape index (κ2) is 7.78. The average molecular weight is 436 g/mol. The normalized spacial score (nSPS) is 11.8. The van der Waals surface area contributed by atoms with Crippen molar-refractivity contribution in [1.29, 1.82) is 0 Å². The molecule has 154 valence electrons. The fourth-order valence-electron chi connectivity index (χ4n) is 2.60. The molecule has 0 amide bonds. The number of nitrogens with one attached hydrogen (secondary N) is 1. The maximum atomic E-state index is 13.1. The lowest BCUT2D eigenvalue weighted by molar-refractivity contribution is -0.141. The van der Waals surface area contributed by atoms with Crippen molar-refractivity contribution < 1.29 is 41.0 Å². The van der Waals surface area contributed by atoms with Gasteiger partial charge in [0.05, 0.1) is 5.56 Å². The zero-order valence-corrected chi connectivity index (χ0v) is 14.9. The van der Waals surface area contributed by atoms with Crippen molar-refractivity contribution in [2.45, 2.75) is 19.3 Å². The van der Waals surface area contributed by atoms with Crippen LogP contribution in [0.2, 0.25) is 5.02 Å². The third-order valence-electron chi connectivity index (χ3n) is 3.88. The Labute approximate surface area is 164 Å². The summed E-state index contributed by atoms with van der Waals surface area (Å²) in [6, 6.07) is 6.78. The summed E-state index contributed by atoms with van der Waals surface area (Å²) in [4.78, 5) is 11.0. The number of benzene rings is 2. The van der Waals surface area contributed by atoms with Gasteiger partial charge in [-0.2, -0.15) is 22.0 Å². The van der Waals surface area contributed by atoms with E-state index >= 15 is 0 Å². The largest absolute Gasteiger partial charge is 0.475 e. The molecule has 0 fully saturated rings. The monoisotopic (exact) mass is 435 g/mol. The Bertz CT molecular complexity index is 1060. The number of anilines is 1. The number of carbonyl (C=O) groups is 1. The van der Waals surface area contributed by atoms with Crippen LogP contribution in [0.4, 0.5) is 27.6 Å². The van der Waals surface area contributed by atoms with E-state index in [1.165, 1.54) is 18.2 Å². The number of furan rings is 1. The van der Waals surface area contributed by atoms with Crippen molar-refractivity contribution in [3.63, 3.8) is 0 Å². The summed E-state index contributed by atoms with van der Waals surface area (Å²) in [5.41, 5.74) is -0.713. The smallest absolute Gasteiger partial charge is 0.420 e. The molecule has 2 aromatic carbocycles. The predicted octanol–water partition coefficient (Wildman–Crippen LogP) is 6.02. The SMILES string of the molecule is O=C(O)c1cc2cc(Cl)c(CNc3ccc(OC(F)F)c(C(F)(F)F)c3)cc2o1. The van der Waals surface area contributed by atoms with Gasteiger partial charge in [-0.05, 0) is 42.0 Å². The van der Waals surface area contributed by atoms with Gasteiger partial charge in [-0.1, -0.05) is 11.6 Å². The quantitative estimate of drug-likeness (QED) is 0.463. The molecule has 0 bridgehead atoms. The van der Waals surface area contributed by atoms with Crippen molar-refractivity contribution >= 4 is 34.2 Å². The molecule has 3 rings (SSSR count). The van der Waals surface area contributed by atoms with Crippen LogP contribution in [0.5, 0.6) is 5.75 Å². The summed E-state index contributed by atoms with van der Waals surface area (Å²) in [5, 5.41) is 12.3. The molecule has 1 aromatic heterocycles. The Morgan fingerprint density at radius 2 is 1.93 bits per heavy atom. The number of aromatic carboxylic acids is 1. The van der Waals surface area contributed by atoms with E-state index in [9.17, 15) is 26.7 Å². The standard InChI is InChI=1S/C18H11ClF5NO4/c19-12-3-8-4-15(16(26)27)28-14(8)5-9(12)7-25-10-1-2-13(29-17(20)21)11(6-10)18(22,23)24/h1-6,17,25H,7H2,(H,26,27). The Morgan fingerprint density at radius 1 is 1.21 bits per heavy atom. The molecule has 1 heterocycles. The lowest BCUT2D eigenvalue weighted by Gasteiger charge is -2.16. The van der Waals surface area contributed by atoms with Crippen molar-refractivity contribution in [2.24, 2.45) is 0 Å². The Hall–Kier alpha value is -3.01. The van der Waals surface area contributed by atoms with Gasteiger partial charge in [-0.15, -0.1) is 0 Å². The highest BCUT2D eigenvalue weighted by atomic mass is 35.5. The average Bonchev–Trinajstić information content (AvgIpc) is 3.02. The number of hydrogen-bond donors (Lipinski definition) is 2. The van der Waals surface area contributed by atoms with E-state index in [-0.39, 0.29) is 28.6 Å². The van der Waals surface area contributed by atoms with Crippen molar-refractivity contribution in [1.82, 2.24) is 0 Å². The highest BCUT2D eigenvalue weighted by Crippen LogP contribution is 2.38. The number of carboxylic acid groups (broad SMARTS) is 1. The van der Waals surface area contributed by atoms with Gasteiger partial charge in [0.1, 0.15) is 11.3 Å². The van der Waals surface area contributed by atoms with Crippen LogP contribution in [0.15, 0.2) is 40.8 Å². The van der Waals surface area contributed by atoms with Crippen LogP contribution in [-0.4, -0.2) is 17.7 Å². The molecule has 0 unspecified atom stereocenters. The lowest BCUT2D eigenvalue weighted by Crippen LogP contribution is -2.12. The van der Waals surface area contributed by atoms with Gasteiger partial charge in [0.15, 0.2) is 0 Å². The summed E-state index contributed by atoms with van der Waals surface area (Å²) < 4.78 is 73.1. The number of halogens is 6. The molecule has 2 N–H and O–H groups in total. The van der Waals surface area contributed by atoms with Gasteiger partial charge in [0.25, 0.3) is 0 Å². The van der Waals surface area contributed by atoms with E-state index in [2.05, 4.69) is 10.1 Å². The molecule has 11 heteroatoms. The molecule has 29 heavy (non-hydrogen) atoms. The maximum Gasteiger partial charge on any atom is 0.420 e. The first kappa shape index (κ1) is 20.7.